The zero-order chi connectivity index (χ0) is 20.8. The van der Waals surface area contributed by atoms with Crippen molar-refractivity contribution in [3.8, 4) is 0 Å². The van der Waals surface area contributed by atoms with Crippen molar-refractivity contribution in [2.24, 2.45) is 0 Å². The molecule has 0 aliphatic carbocycles. The third kappa shape index (κ3) is 3.79. The summed E-state index contributed by atoms with van der Waals surface area (Å²) in [5.74, 6) is -4.12. The fourth-order valence-corrected chi connectivity index (χ4v) is 3.66. The van der Waals surface area contributed by atoms with Crippen LogP contribution in [0.5, 0.6) is 0 Å². The van der Waals surface area contributed by atoms with E-state index in [0.717, 1.165) is 17.0 Å². The lowest BCUT2D eigenvalue weighted by molar-refractivity contribution is -0.0641. The topological polar surface area (TPSA) is 63.4 Å². The molecule has 0 spiro atoms. The van der Waals surface area contributed by atoms with Crippen LogP contribution in [0.4, 0.5) is 17.6 Å². The van der Waals surface area contributed by atoms with Crippen molar-refractivity contribution < 1.29 is 22.4 Å². The zero-order valence-corrected chi connectivity index (χ0v) is 15.4. The molecule has 6 nitrogen and oxygen atoms in total. The molecular formula is C19H17F4N5O. The molecule has 1 amide bonds. The van der Waals surface area contributed by atoms with E-state index in [-0.39, 0.29) is 17.7 Å². The van der Waals surface area contributed by atoms with Gasteiger partial charge in [0.2, 0.25) is 0 Å². The molecule has 10 heteroatoms. The van der Waals surface area contributed by atoms with Gasteiger partial charge in [0.05, 0.1) is 12.2 Å². The Morgan fingerprint density at radius 3 is 2.66 bits per heavy atom. The van der Waals surface area contributed by atoms with Gasteiger partial charge in [0.1, 0.15) is 6.33 Å². The lowest BCUT2D eigenvalue weighted by atomic mass is 9.91. The van der Waals surface area contributed by atoms with Gasteiger partial charge < -0.3 is 4.90 Å². The van der Waals surface area contributed by atoms with E-state index < -0.39 is 37.1 Å². The summed E-state index contributed by atoms with van der Waals surface area (Å²) < 4.78 is 55.9. The summed E-state index contributed by atoms with van der Waals surface area (Å²) in [6.45, 7) is 1.04. The summed E-state index contributed by atoms with van der Waals surface area (Å²) >= 11 is 0. The maximum Gasteiger partial charge on any atom is 0.266 e. The van der Waals surface area contributed by atoms with Crippen LogP contribution in [0.1, 0.15) is 46.1 Å². The molecule has 4 rings (SSSR count). The summed E-state index contributed by atoms with van der Waals surface area (Å²) in [5.41, 5.74) is 0.956. The smallest absolute Gasteiger partial charge is 0.266 e. The highest BCUT2D eigenvalue weighted by Gasteiger charge is 2.43. The van der Waals surface area contributed by atoms with Crippen LogP contribution in [-0.4, -0.2) is 49.4 Å². The zero-order valence-electron chi connectivity index (χ0n) is 15.4. The second-order valence-electron chi connectivity index (χ2n) is 7.16. The van der Waals surface area contributed by atoms with Crippen molar-refractivity contribution in [3.05, 3.63) is 59.2 Å². The molecular weight excluding hydrogens is 390 g/mol. The Morgan fingerprint density at radius 1 is 1.24 bits per heavy atom. The first-order valence-electron chi connectivity index (χ1n) is 8.96. The molecule has 1 aliphatic heterocycles. The van der Waals surface area contributed by atoms with Gasteiger partial charge >= 0.3 is 0 Å². The van der Waals surface area contributed by atoms with Crippen molar-refractivity contribution >= 4 is 11.7 Å². The lowest BCUT2D eigenvalue weighted by Crippen LogP contribution is -2.49. The van der Waals surface area contributed by atoms with Crippen LogP contribution < -0.4 is 0 Å². The number of amides is 1. The summed E-state index contributed by atoms with van der Waals surface area (Å²) in [4.78, 5) is 22.1. The number of hydrogen-bond donors (Lipinski definition) is 0. The highest BCUT2D eigenvalue weighted by molar-refractivity contribution is 5.94. The predicted octanol–water partition coefficient (Wildman–Crippen LogP) is 3.64. The van der Waals surface area contributed by atoms with Crippen LogP contribution in [0, 0.1) is 6.92 Å². The van der Waals surface area contributed by atoms with Crippen molar-refractivity contribution in [2.75, 3.05) is 13.1 Å². The predicted molar refractivity (Wildman–Crippen MR) is 95.1 cm³/mol. The van der Waals surface area contributed by atoms with E-state index in [1.54, 1.807) is 13.0 Å². The molecule has 1 fully saturated rings. The number of nitrogens with zero attached hydrogens (tertiary/aromatic N) is 5. The average molecular weight is 407 g/mol. The number of likely N-dealkylation sites (tertiary alicyclic amines) is 1. The van der Waals surface area contributed by atoms with E-state index in [1.807, 2.05) is 0 Å². The standard InChI is InChI=1S/C19H17F4N5O/c1-11-6-15(28-18(26-11)24-10-25-28)14-7-19(22,23)9-27(8-14)17(29)13-4-2-12(3-5-13)16(20)21/h2-6,10,14,16H,7-9H2,1H3. The van der Waals surface area contributed by atoms with Gasteiger partial charge in [-0.1, -0.05) is 12.1 Å². The number of halogens is 4. The molecule has 0 bridgehead atoms. The number of carbonyl (C=O) groups is 1. The fraction of sp³-hybridized carbons (Fsp3) is 0.368. The van der Waals surface area contributed by atoms with E-state index in [4.69, 9.17) is 0 Å². The monoisotopic (exact) mass is 407 g/mol. The molecule has 1 saturated heterocycles. The number of benzene rings is 1. The number of fused-ring (bicyclic) bond motifs is 1. The van der Waals surface area contributed by atoms with Crippen LogP contribution >= 0.6 is 0 Å². The van der Waals surface area contributed by atoms with Crippen LogP contribution in [0.2, 0.25) is 0 Å². The first-order chi connectivity index (χ1) is 13.7. The molecule has 0 N–H and O–H groups in total. The minimum absolute atomic E-state index is 0.0451. The third-order valence-electron chi connectivity index (χ3n) is 4.93. The van der Waals surface area contributed by atoms with Crippen LogP contribution in [0.3, 0.4) is 0 Å². The van der Waals surface area contributed by atoms with Crippen LogP contribution in [0.25, 0.3) is 5.78 Å². The molecule has 3 aromatic rings. The highest BCUT2D eigenvalue weighted by atomic mass is 19.3. The largest absolute Gasteiger partial charge is 0.332 e. The van der Waals surface area contributed by atoms with E-state index in [0.29, 0.717) is 17.2 Å². The number of carbonyl (C=O) groups excluding carboxylic acids is 1. The number of piperidine rings is 1. The number of rotatable bonds is 3. The number of aromatic nitrogens is 4. The SMILES string of the molecule is Cc1cc(C2CN(C(=O)c3ccc(C(F)F)cc3)CC(F)(F)C2)n2ncnc2n1. The number of alkyl halides is 4. The van der Waals surface area contributed by atoms with E-state index in [1.165, 1.54) is 23.0 Å². The quantitative estimate of drug-likeness (QED) is 0.622. The van der Waals surface area contributed by atoms with Crippen molar-refractivity contribution in [1.82, 2.24) is 24.5 Å². The van der Waals surface area contributed by atoms with E-state index in [9.17, 15) is 22.4 Å². The lowest BCUT2D eigenvalue weighted by Gasteiger charge is -2.37. The molecule has 1 aromatic carbocycles. The molecule has 1 unspecified atom stereocenters. The second-order valence-corrected chi connectivity index (χ2v) is 7.16. The van der Waals surface area contributed by atoms with Crippen LogP contribution in [0.15, 0.2) is 36.7 Å². The molecule has 3 heterocycles. The summed E-state index contributed by atoms with van der Waals surface area (Å²) in [6, 6.07) is 6.38. The second kappa shape index (κ2) is 7.09. The molecule has 0 saturated carbocycles. The molecule has 1 aliphatic rings. The van der Waals surface area contributed by atoms with Crippen molar-refractivity contribution in [1.29, 1.82) is 0 Å². The maximum absolute atomic E-state index is 14.5. The molecule has 1 atom stereocenters. The Bertz CT molecular complexity index is 1050. The average Bonchev–Trinajstić information content (AvgIpc) is 3.13. The van der Waals surface area contributed by atoms with Gasteiger partial charge in [-0.2, -0.15) is 10.1 Å². The normalized spacial score (nSPS) is 19.1. The minimum atomic E-state index is -3.11. The van der Waals surface area contributed by atoms with Gasteiger partial charge in [-0.3, -0.25) is 4.79 Å². The van der Waals surface area contributed by atoms with Gasteiger partial charge in [-0.15, -0.1) is 0 Å². The van der Waals surface area contributed by atoms with E-state index >= 15 is 0 Å². The van der Waals surface area contributed by atoms with Crippen LogP contribution in [-0.2, 0) is 0 Å². The van der Waals surface area contributed by atoms with Gasteiger partial charge in [0.25, 0.3) is 24.0 Å². The first-order valence-corrected chi connectivity index (χ1v) is 8.96. The molecule has 0 radical (unpaired) electrons. The Kier molecular flexibility index (Phi) is 4.71. The Labute approximate surface area is 163 Å². The highest BCUT2D eigenvalue weighted by Crippen LogP contribution is 2.37. The van der Waals surface area contributed by atoms with Gasteiger partial charge in [0, 0.05) is 35.7 Å². The fourth-order valence-electron chi connectivity index (χ4n) is 3.66. The summed E-state index contributed by atoms with van der Waals surface area (Å²) in [5, 5.41) is 4.06. The number of aryl methyl sites for hydroxylation is 1. The van der Waals surface area contributed by atoms with Gasteiger partial charge in [-0.25, -0.2) is 27.1 Å². The maximum atomic E-state index is 14.5. The third-order valence-corrected chi connectivity index (χ3v) is 4.93. The van der Waals surface area contributed by atoms with E-state index in [2.05, 4.69) is 15.1 Å². The number of hydrogen-bond acceptors (Lipinski definition) is 4. The summed E-state index contributed by atoms with van der Waals surface area (Å²) in [7, 11) is 0. The molecule has 152 valence electrons. The first kappa shape index (κ1) is 19.3. The summed E-state index contributed by atoms with van der Waals surface area (Å²) in [6.07, 6.45) is -1.82. The minimum Gasteiger partial charge on any atom is -0.332 e. The van der Waals surface area contributed by atoms with Crippen molar-refractivity contribution in [3.63, 3.8) is 0 Å². The molecule has 2 aromatic heterocycles. The molecule has 29 heavy (non-hydrogen) atoms. The van der Waals surface area contributed by atoms with Crippen molar-refractivity contribution in [2.45, 2.75) is 31.6 Å². The Hall–Kier alpha value is -3.04. The Balaban J connectivity index is 1.65. The Morgan fingerprint density at radius 2 is 1.97 bits per heavy atom. The van der Waals surface area contributed by atoms with Gasteiger partial charge in [0.15, 0.2) is 0 Å². The van der Waals surface area contributed by atoms with Gasteiger partial charge in [-0.05, 0) is 25.1 Å².